The molecule has 2 aromatic carbocycles. The minimum atomic E-state index is -3.46. The van der Waals surface area contributed by atoms with Gasteiger partial charge in [-0.2, -0.15) is 4.31 Å². The smallest absolute Gasteiger partial charge is 0.243 e. The largest absolute Gasteiger partial charge is 0.379 e. The fraction of sp³-hybridized carbons (Fsp3) is 0.250. The van der Waals surface area contributed by atoms with E-state index < -0.39 is 10.0 Å². The van der Waals surface area contributed by atoms with Gasteiger partial charge < -0.3 is 4.74 Å². The number of benzene rings is 2. The Hall–Kier alpha value is -2.28. The second-order valence-corrected chi connectivity index (χ2v) is 8.01. The van der Waals surface area contributed by atoms with Gasteiger partial charge in [0.1, 0.15) is 0 Å². The van der Waals surface area contributed by atoms with Crippen LogP contribution in [0, 0.1) is 0 Å². The lowest BCUT2D eigenvalue weighted by molar-refractivity contribution is 0.0730. The first-order valence-corrected chi connectivity index (χ1v) is 9.95. The van der Waals surface area contributed by atoms with Gasteiger partial charge in [-0.05, 0) is 42.3 Å². The number of sulfonamides is 1. The number of nitrogens with zero attached hydrogens (tertiary/aromatic N) is 2. The van der Waals surface area contributed by atoms with Crippen LogP contribution in [0.15, 0.2) is 70.1 Å². The van der Waals surface area contributed by atoms with Gasteiger partial charge in [0, 0.05) is 19.3 Å². The third-order valence-corrected chi connectivity index (χ3v) is 5.97. The molecular weight excluding hydrogens is 348 g/mol. The van der Waals surface area contributed by atoms with Crippen molar-refractivity contribution in [2.45, 2.75) is 11.8 Å². The van der Waals surface area contributed by atoms with Gasteiger partial charge in [-0.15, -0.1) is 0 Å². The maximum Gasteiger partial charge on any atom is 0.243 e. The predicted molar refractivity (Wildman–Crippen MR) is 104 cm³/mol. The molecule has 0 unspecified atom stereocenters. The molecule has 136 valence electrons. The van der Waals surface area contributed by atoms with Gasteiger partial charge >= 0.3 is 0 Å². The van der Waals surface area contributed by atoms with Crippen LogP contribution in [0.4, 0.5) is 5.69 Å². The van der Waals surface area contributed by atoms with E-state index in [0.717, 1.165) is 11.1 Å². The topological polar surface area (TPSA) is 59.0 Å². The van der Waals surface area contributed by atoms with Crippen LogP contribution < -0.4 is 0 Å². The summed E-state index contributed by atoms with van der Waals surface area (Å²) in [5, 5.41) is 0. The first kappa shape index (κ1) is 18.5. The molecule has 1 fully saturated rings. The number of ether oxygens (including phenoxy) is 1. The van der Waals surface area contributed by atoms with Crippen molar-refractivity contribution < 1.29 is 13.2 Å². The van der Waals surface area contributed by atoms with Gasteiger partial charge in [-0.1, -0.05) is 36.4 Å². The highest BCUT2D eigenvalue weighted by Gasteiger charge is 2.25. The average molecular weight is 370 g/mol. The summed E-state index contributed by atoms with van der Waals surface area (Å²) in [5.41, 5.74) is 2.84. The third kappa shape index (κ3) is 4.66. The quantitative estimate of drug-likeness (QED) is 0.757. The molecular formula is C20H22N2O3S. The SMILES string of the molecule is C/C(C=Nc1ccc(S(=O)(=O)N2CCOCC2)cc1)=C/c1ccccc1. The van der Waals surface area contributed by atoms with Gasteiger partial charge in [-0.25, -0.2) is 8.42 Å². The Morgan fingerprint density at radius 1 is 1.04 bits per heavy atom. The van der Waals surface area contributed by atoms with Crippen LogP contribution in [0.5, 0.6) is 0 Å². The molecule has 0 radical (unpaired) electrons. The number of rotatable bonds is 5. The fourth-order valence-corrected chi connectivity index (χ4v) is 4.07. The molecule has 6 heteroatoms. The maximum atomic E-state index is 12.6. The summed E-state index contributed by atoms with van der Waals surface area (Å²) in [6.45, 7) is 3.65. The van der Waals surface area contributed by atoms with Crippen molar-refractivity contribution in [1.29, 1.82) is 0 Å². The van der Waals surface area contributed by atoms with Crippen molar-refractivity contribution in [2.75, 3.05) is 26.3 Å². The lowest BCUT2D eigenvalue weighted by Crippen LogP contribution is -2.40. The van der Waals surface area contributed by atoms with Crippen LogP contribution in [0.2, 0.25) is 0 Å². The lowest BCUT2D eigenvalue weighted by atomic mass is 10.1. The Bertz CT molecular complexity index is 882. The van der Waals surface area contributed by atoms with Gasteiger partial charge in [0.15, 0.2) is 0 Å². The highest BCUT2D eigenvalue weighted by molar-refractivity contribution is 7.89. The summed E-state index contributed by atoms with van der Waals surface area (Å²) in [5.74, 6) is 0. The number of aliphatic imine (C=N–C) groups is 1. The molecule has 2 aromatic rings. The molecule has 0 N–H and O–H groups in total. The highest BCUT2D eigenvalue weighted by atomic mass is 32.2. The zero-order chi connectivity index (χ0) is 18.4. The van der Waals surface area contributed by atoms with E-state index in [1.165, 1.54) is 4.31 Å². The summed E-state index contributed by atoms with van der Waals surface area (Å²) < 4.78 is 31.9. The maximum absolute atomic E-state index is 12.6. The number of morpholine rings is 1. The molecule has 1 heterocycles. The highest BCUT2D eigenvalue weighted by Crippen LogP contribution is 2.21. The van der Waals surface area contributed by atoms with E-state index in [0.29, 0.717) is 32.0 Å². The molecule has 3 rings (SSSR count). The zero-order valence-electron chi connectivity index (χ0n) is 14.7. The number of hydrogen-bond acceptors (Lipinski definition) is 4. The second-order valence-electron chi connectivity index (χ2n) is 6.07. The molecule has 0 amide bonds. The first-order chi connectivity index (χ1) is 12.6. The number of hydrogen-bond donors (Lipinski definition) is 0. The van der Waals surface area contributed by atoms with E-state index in [1.807, 2.05) is 43.3 Å². The molecule has 0 saturated carbocycles. The normalized spacial score (nSPS) is 16.9. The first-order valence-electron chi connectivity index (χ1n) is 8.51. The van der Waals surface area contributed by atoms with E-state index in [1.54, 1.807) is 30.5 Å². The molecule has 0 spiro atoms. The summed E-state index contributed by atoms with van der Waals surface area (Å²) in [6, 6.07) is 16.7. The Kier molecular flexibility index (Phi) is 5.98. The van der Waals surface area contributed by atoms with Crippen LogP contribution in [0.3, 0.4) is 0 Å². The molecule has 1 aliphatic heterocycles. The molecule has 0 bridgehead atoms. The monoisotopic (exact) mass is 370 g/mol. The molecule has 0 atom stereocenters. The van der Waals surface area contributed by atoms with Crippen LogP contribution in [0.25, 0.3) is 6.08 Å². The van der Waals surface area contributed by atoms with Crippen LogP contribution in [-0.4, -0.2) is 45.2 Å². The Morgan fingerprint density at radius 2 is 1.69 bits per heavy atom. The van der Waals surface area contributed by atoms with Crippen LogP contribution in [0.1, 0.15) is 12.5 Å². The Morgan fingerprint density at radius 3 is 2.35 bits per heavy atom. The minimum Gasteiger partial charge on any atom is -0.379 e. The summed E-state index contributed by atoms with van der Waals surface area (Å²) in [4.78, 5) is 4.70. The average Bonchev–Trinajstić information content (AvgIpc) is 2.68. The number of allylic oxidation sites excluding steroid dienone is 1. The molecule has 0 aliphatic carbocycles. The van der Waals surface area contributed by atoms with Gasteiger partial charge in [0.2, 0.25) is 10.0 Å². The van der Waals surface area contributed by atoms with E-state index in [9.17, 15) is 8.42 Å². The van der Waals surface area contributed by atoms with Crippen LogP contribution >= 0.6 is 0 Å². The van der Waals surface area contributed by atoms with E-state index >= 15 is 0 Å². The molecule has 0 aromatic heterocycles. The third-order valence-electron chi connectivity index (χ3n) is 4.06. The predicted octanol–water partition coefficient (Wildman–Crippen LogP) is 3.51. The van der Waals surface area contributed by atoms with Gasteiger partial charge in [0.05, 0.1) is 23.8 Å². The second kappa shape index (κ2) is 8.40. The molecule has 1 aliphatic rings. The van der Waals surface area contributed by atoms with Gasteiger partial charge in [0.25, 0.3) is 0 Å². The minimum absolute atomic E-state index is 0.287. The van der Waals surface area contributed by atoms with Gasteiger partial charge in [-0.3, -0.25) is 4.99 Å². The Balaban J connectivity index is 1.70. The van der Waals surface area contributed by atoms with Crippen molar-refractivity contribution in [3.63, 3.8) is 0 Å². The standard InChI is InChI=1S/C20H22N2O3S/c1-17(15-18-5-3-2-4-6-18)16-21-19-7-9-20(10-8-19)26(23,24)22-11-13-25-14-12-22/h2-10,15-16H,11-14H2,1H3/b17-15-,21-16?. The van der Waals surface area contributed by atoms with E-state index in [2.05, 4.69) is 4.99 Å². The van der Waals surface area contributed by atoms with Crippen molar-refractivity contribution >= 4 is 28.0 Å². The Labute approximate surface area is 154 Å². The fourth-order valence-electron chi connectivity index (χ4n) is 2.67. The molecule has 5 nitrogen and oxygen atoms in total. The van der Waals surface area contributed by atoms with Crippen molar-refractivity contribution in [3.05, 3.63) is 65.7 Å². The summed E-state index contributed by atoms with van der Waals surface area (Å²) >= 11 is 0. The lowest BCUT2D eigenvalue weighted by Gasteiger charge is -2.26. The van der Waals surface area contributed by atoms with Crippen LogP contribution in [-0.2, 0) is 14.8 Å². The van der Waals surface area contributed by atoms with E-state index in [-0.39, 0.29) is 4.90 Å². The summed E-state index contributed by atoms with van der Waals surface area (Å²) in [7, 11) is -3.46. The summed E-state index contributed by atoms with van der Waals surface area (Å²) in [6.07, 6.45) is 3.82. The molecule has 26 heavy (non-hydrogen) atoms. The van der Waals surface area contributed by atoms with Crippen molar-refractivity contribution in [1.82, 2.24) is 4.31 Å². The van der Waals surface area contributed by atoms with Crippen molar-refractivity contribution in [3.8, 4) is 0 Å². The van der Waals surface area contributed by atoms with E-state index in [4.69, 9.17) is 4.74 Å². The zero-order valence-corrected chi connectivity index (χ0v) is 15.5. The molecule has 1 saturated heterocycles. The van der Waals surface area contributed by atoms with Crippen molar-refractivity contribution in [2.24, 2.45) is 4.99 Å².